The van der Waals surface area contributed by atoms with E-state index in [4.69, 9.17) is 23.2 Å². The van der Waals surface area contributed by atoms with Gasteiger partial charge in [-0.2, -0.15) is 0 Å². The van der Waals surface area contributed by atoms with E-state index in [0.717, 1.165) is 17.1 Å². The second-order valence-electron chi connectivity index (χ2n) is 9.14. The smallest absolute Gasteiger partial charge is 0.264 e. The highest BCUT2D eigenvalue weighted by Gasteiger charge is 2.33. The standard InChI is InChI=1S/C29H32Cl2FN3O4S/c1-3-5-17-33-29(37)27(4-2)34(19-21-11-13-22(32)14-12-21)28(36)20-35(23-15-16-25(30)26(31)18-23)40(38,39)24-9-7-6-8-10-24/h6-16,18,27H,3-5,17,19-20H2,1-2H3,(H,33,37)/t27-/m1/s1. The first-order chi connectivity index (χ1) is 19.1. The number of nitrogens with one attached hydrogen (secondary N) is 1. The van der Waals surface area contributed by atoms with Gasteiger partial charge >= 0.3 is 0 Å². The third-order valence-corrected chi connectivity index (χ3v) is 8.81. The van der Waals surface area contributed by atoms with Crippen molar-refractivity contribution in [3.63, 3.8) is 0 Å². The molecule has 0 saturated heterocycles. The van der Waals surface area contributed by atoms with E-state index >= 15 is 0 Å². The fourth-order valence-electron chi connectivity index (χ4n) is 4.10. The van der Waals surface area contributed by atoms with Crippen LogP contribution >= 0.6 is 23.2 Å². The Morgan fingerprint density at radius 1 is 0.950 bits per heavy atom. The monoisotopic (exact) mass is 607 g/mol. The van der Waals surface area contributed by atoms with Crippen LogP contribution in [0.15, 0.2) is 77.7 Å². The number of amides is 2. The first-order valence-corrected chi connectivity index (χ1v) is 15.1. The fraction of sp³-hybridized carbons (Fsp3) is 0.310. The second-order valence-corrected chi connectivity index (χ2v) is 11.8. The van der Waals surface area contributed by atoms with Crippen LogP contribution < -0.4 is 9.62 Å². The largest absolute Gasteiger partial charge is 0.354 e. The Morgan fingerprint density at radius 3 is 2.23 bits per heavy atom. The molecule has 2 amide bonds. The molecule has 0 radical (unpaired) electrons. The Labute approximate surface area is 244 Å². The van der Waals surface area contributed by atoms with E-state index in [9.17, 15) is 22.4 Å². The van der Waals surface area contributed by atoms with E-state index in [1.54, 1.807) is 25.1 Å². The number of rotatable bonds is 13. The van der Waals surface area contributed by atoms with Crippen LogP contribution in [0.5, 0.6) is 0 Å². The predicted octanol–water partition coefficient (Wildman–Crippen LogP) is 6.05. The molecule has 11 heteroatoms. The molecule has 214 valence electrons. The third-order valence-electron chi connectivity index (χ3n) is 6.28. The summed E-state index contributed by atoms with van der Waals surface area (Å²) in [5.41, 5.74) is 0.718. The molecule has 40 heavy (non-hydrogen) atoms. The molecule has 0 heterocycles. The summed E-state index contributed by atoms with van der Waals surface area (Å²) in [6, 6.07) is 16.7. The lowest BCUT2D eigenvalue weighted by atomic mass is 10.1. The lowest BCUT2D eigenvalue weighted by Gasteiger charge is -2.33. The van der Waals surface area contributed by atoms with Gasteiger partial charge in [-0.1, -0.05) is 73.8 Å². The highest BCUT2D eigenvalue weighted by molar-refractivity contribution is 7.92. The van der Waals surface area contributed by atoms with Gasteiger partial charge in [0, 0.05) is 13.1 Å². The zero-order chi connectivity index (χ0) is 29.3. The van der Waals surface area contributed by atoms with Gasteiger partial charge in [0.25, 0.3) is 10.0 Å². The Morgan fingerprint density at radius 2 is 1.62 bits per heavy atom. The molecular formula is C29H32Cl2FN3O4S. The number of unbranched alkanes of at least 4 members (excludes halogenated alkanes) is 1. The number of sulfonamides is 1. The van der Waals surface area contributed by atoms with Gasteiger partial charge in [0.1, 0.15) is 18.4 Å². The topological polar surface area (TPSA) is 86.8 Å². The Hall–Kier alpha value is -3.14. The molecular weight excluding hydrogens is 576 g/mol. The molecule has 1 atom stereocenters. The lowest BCUT2D eigenvalue weighted by Crippen LogP contribution is -2.52. The number of carbonyl (C=O) groups is 2. The summed E-state index contributed by atoms with van der Waals surface area (Å²) >= 11 is 12.3. The van der Waals surface area contributed by atoms with Crippen molar-refractivity contribution in [2.45, 2.75) is 50.6 Å². The summed E-state index contributed by atoms with van der Waals surface area (Å²) in [5.74, 6) is -1.41. The zero-order valence-corrected chi connectivity index (χ0v) is 24.6. The van der Waals surface area contributed by atoms with Crippen molar-refractivity contribution in [2.24, 2.45) is 0 Å². The van der Waals surface area contributed by atoms with Crippen LogP contribution in [0, 0.1) is 5.82 Å². The Balaban J connectivity index is 2.04. The zero-order valence-electron chi connectivity index (χ0n) is 22.3. The molecule has 7 nitrogen and oxygen atoms in total. The molecule has 0 fully saturated rings. The maximum Gasteiger partial charge on any atom is 0.264 e. The van der Waals surface area contributed by atoms with Crippen molar-refractivity contribution < 1.29 is 22.4 Å². The van der Waals surface area contributed by atoms with E-state index in [1.807, 2.05) is 6.92 Å². The molecule has 0 saturated carbocycles. The van der Waals surface area contributed by atoms with Crippen LogP contribution in [0.25, 0.3) is 0 Å². The van der Waals surface area contributed by atoms with E-state index in [-0.39, 0.29) is 39.5 Å². The number of hydrogen-bond acceptors (Lipinski definition) is 4. The van der Waals surface area contributed by atoms with Crippen molar-refractivity contribution >= 4 is 50.7 Å². The van der Waals surface area contributed by atoms with Gasteiger partial charge in [0.05, 0.1) is 20.6 Å². The average molecular weight is 609 g/mol. The number of nitrogens with zero attached hydrogens (tertiary/aromatic N) is 2. The quantitative estimate of drug-likeness (QED) is 0.240. The van der Waals surface area contributed by atoms with Gasteiger partial charge in [0.2, 0.25) is 11.8 Å². The summed E-state index contributed by atoms with van der Waals surface area (Å²) in [7, 11) is -4.23. The second kappa shape index (κ2) is 14.5. The molecule has 3 aromatic rings. The van der Waals surface area contributed by atoms with Crippen molar-refractivity contribution in [2.75, 3.05) is 17.4 Å². The maximum absolute atomic E-state index is 14.0. The number of halogens is 3. The molecule has 3 rings (SSSR count). The molecule has 0 aliphatic carbocycles. The molecule has 0 aromatic heterocycles. The summed E-state index contributed by atoms with van der Waals surface area (Å²) in [6.07, 6.45) is 1.93. The summed E-state index contributed by atoms with van der Waals surface area (Å²) in [4.78, 5) is 28.4. The van der Waals surface area contributed by atoms with Crippen molar-refractivity contribution in [3.8, 4) is 0 Å². The minimum atomic E-state index is -4.23. The summed E-state index contributed by atoms with van der Waals surface area (Å²) < 4.78 is 42.1. The highest BCUT2D eigenvalue weighted by atomic mass is 35.5. The molecule has 0 aliphatic rings. The Bertz CT molecular complexity index is 1410. The Kier molecular flexibility index (Phi) is 11.4. The van der Waals surface area contributed by atoms with Crippen LogP contribution in [0.2, 0.25) is 10.0 Å². The first-order valence-electron chi connectivity index (χ1n) is 12.9. The highest BCUT2D eigenvalue weighted by Crippen LogP contribution is 2.31. The molecule has 0 unspecified atom stereocenters. The van der Waals surface area contributed by atoms with Gasteiger partial charge in [-0.05, 0) is 60.9 Å². The van der Waals surface area contributed by atoms with Gasteiger partial charge in [-0.3, -0.25) is 13.9 Å². The molecule has 0 spiro atoms. The normalized spacial score (nSPS) is 12.0. The van der Waals surface area contributed by atoms with Crippen molar-refractivity contribution in [1.29, 1.82) is 0 Å². The van der Waals surface area contributed by atoms with Crippen LogP contribution in [-0.4, -0.2) is 44.3 Å². The average Bonchev–Trinajstić information content (AvgIpc) is 2.94. The minimum absolute atomic E-state index is 0.0247. The fourth-order valence-corrected chi connectivity index (χ4v) is 5.82. The van der Waals surface area contributed by atoms with Crippen LogP contribution in [0.1, 0.15) is 38.7 Å². The van der Waals surface area contributed by atoms with Gasteiger partial charge in [0.15, 0.2) is 0 Å². The molecule has 1 N–H and O–H groups in total. The van der Waals surface area contributed by atoms with Crippen LogP contribution in [0.3, 0.4) is 0 Å². The number of benzene rings is 3. The summed E-state index contributed by atoms with van der Waals surface area (Å²) in [6.45, 7) is 3.57. The van der Waals surface area contributed by atoms with Gasteiger partial charge < -0.3 is 10.2 Å². The van der Waals surface area contributed by atoms with E-state index in [0.29, 0.717) is 12.1 Å². The van der Waals surface area contributed by atoms with E-state index in [2.05, 4.69) is 5.32 Å². The molecule has 3 aromatic carbocycles. The van der Waals surface area contributed by atoms with Crippen LogP contribution in [-0.2, 0) is 26.2 Å². The number of carbonyl (C=O) groups excluding carboxylic acids is 2. The minimum Gasteiger partial charge on any atom is -0.354 e. The van der Waals surface area contributed by atoms with E-state index < -0.39 is 34.3 Å². The first kappa shape index (κ1) is 31.4. The SMILES string of the molecule is CCCCNC(=O)[C@@H](CC)N(Cc1ccc(F)cc1)C(=O)CN(c1ccc(Cl)c(Cl)c1)S(=O)(=O)c1ccccc1. The molecule has 0 bridgehead atoms. The predicted molar refractivity (Wildman–Crippen MR) is 156 cm³/mol. The molecule has 0 aliphatic heterocycles. The third kappa shape index (κ3) is 7.96. The number of hydrogen-bond donors (Lipinski definition) is 1. The van der Waals surface area contributed by atoms with Crippen molar-refractivity contribution in [1.82, 2.24) is 10.2 Å². The summed E-state index contributed by atoms with van der Waals surface area (Å²) in [5, 5.41) is 3.20. The van der Waals surface area contributed by atoms with Crippen molar-refractivity contribution in [3.05, 3.63) is 94.2 Å². The lowest BCUT2D eigenvalue weighted by molar-refractivity contribution is -0.140. The van der Waals surface area contributed by atoms with Crippen LogP contribution in [0.4, 0.5) is 10.1 Å². The maximum atomic E-state index is 14.0. The number of anilines is 1. The van der Waals surface area contributed by atoms with E-state index in [1.165, 1.54) is 59.5 Å². The van der Waals surface area contributed by atoms with Gasteiger partial charge in [-0.25, -0.2) is 12.8 Å². The van der Waals surface area contributed by atoms with Gasteiger partial charge in [-0.15, -0.1) is 0 Å².